The second-order valence-corrected chi connectivity index (χ2v) is 7.61. The van der Waals surface area contributed by atoms with Crippen LogP contribution in [0.4, 0.5) is 10.2 Å². The van der Waals surface area contributed by atoms with Gasteiger partial charge in [0.2, 0.25) is 0 Å². The van der Waals surface area contributed by atoms with Gasteiger partial charge >= 0.3 is 0 Å². The van der Waals surface area contributed by atoms with Gasteiger partial charge in [-0.2, -0.15) is 0 Å². The number of para-hydroxylation sites is 1. The summed E-state index contributed by atoms with van der Waals surface area (Å²) in [5.41, 5.74) is 2.60. The summed E-state index contributed by atoms with van der Waals surface area (Å²) >= 11 is 7.37. The molecule has 3 aromatic carbocycles. The summed E-state index contributed by atoms with van der Waals surface area (Å²) in [4.78, 5) is 9.29. The van der Waals surface area contributed by atoms with E-state index in [1.165, 1.54) is 17.8 Å². The molecule has 28 heavy (non-hydrogen) atoms. The van der Waals surface area contributed by atoms with Gasteiger partial charge in [-0.1, -0.05) is 65.8 Å². The molecule has 0 bridgehead atoms. The van der Waals surface area contributed by atoms with Gasteiger partial charge < -0.3 is 5.32 Å². The van der Waals surface area contributed by atoms with Crippen LogP contribution in [0, 0.1) is 5.82 Å². The number of benzene rings is 3. The van der Waals surface area contributed by atoms with E-state index in [1.807, 2.05) is 54.6 Å². The van der Waals surface area contributed by atoms with Crippen LogP contribution in [0.15, 0.2) is 78.0 Å². The lowest BCUT2D eigenvalue weighted by Gasteiger charge is -2.11. The molecule has 140 valence electrons. The van der Waals surface area contributed by atoms with E-state index in [0.717, 1.165) is 22.3 Å². The van der Waals surface area contributed by atoms with E-state index in [-0.39, 0.29) is 5.82 Å². The van der Waals surface area contributed by atoms with E-state index >= 15 is 0 Å². The van der Waals surface area contributed by atoms with Gasteiger partial charge in [-0.3, -0.25) is 0 Å². The highest BCUT2D eigenvalue weighted by atomic mass is 35.5. The summed E-state index contributed by atoms with van der Waals surface area (Å²) < 4.78 is 13.9. The Labute approximate surface area is 172 Å². The number of hydrogen-bond donors (Lipinski definition) is 1. The fraction of sp³-hybridized carbons (Fsp3) is 0.0909. The monoisotopic (exact) mass is 409 g/mol. The van der Waals surface area contributed by atoms with Crippen LogP contribution >= 0.6 is 23.4 Å². The normalized spacial score (nSPS) is 10.9. The first-order valence-electron chi connectivity index (χ1n) is 8.80. The number of hydrogen-bond acceptors (Lipinski definition) is 4. The van der Waals surface area contributed by atoms with Gasteiger partial charge in [0.15, 0.2) is 5.16 Å². The van der Waals surface area contributed by atoms with Crippen molar-refractivity contribution in [2.45, 2.75) is 17.5 Å². The Bertz CT molecular complexity index is 1100. The lowest BCUT2D eigenvalue weighted by molar-refractivity contribution is 0.617. The van der Waals surface area contributed by atoms with Crippen molar-refractivity contribution in [2.24, 2.45) is 0 Å². The summed E-state index contributed by atoms with van der Waals surface area (Å²) in [7, 11) is 0. The summed E-state index contributed by atoms with van der Waals surface area (Å²) in [5.74, 6) is 1.02. The van der Waals surface area contributed by atoms with Gasteiger partial charge in [0, 0.05) is 22.7 Å². The maximum Gasteiger partial charge on any atom is 0.190 e. The maximum absolute atomic E-state index is 13.9. The smallest absolute Gasteiger partial charge is 0.190 e. The quantitative estimate of drug-likeness (QED) is 0.298. The molecule has 0 atom stereocenters. The topological polar surface area (TPSA) is 37.8 Å². The van der Waals surface area contributed by atoms with Gasteiger partial charge in [0.05, 0.1) is 5.52 Å². The van der Waals surface area contributed by atoms with Crippen molar-refractivity contribution in [3.05, 3.63) is 94.8 Å². The largest absolute Gasteiger partial charge is 0.365 e. The number of nitrogens with zero attached hydrogens (tertiary/aromatic N) is 2. The Morgan fingerprint density at radius 3 is 2.46 bits per heavy atom. The number of anilines is 1. The molecule has 0 amide bonds. The van der Waals surface area contributed by atoms with Crippen molar-refractivity contribution >= 4 is 40.1 Å². The molecule has 6 heteroatoms. The number of rotatable bonds is 6. The molecule has 0 aliphatic rings. The van der Waals surface area contributed by atoms with Gasteiger partial charge in [0.1, 0.15) is 11.6 Å². The van der Waals surface area contributed by atoms with Crippen molar-refractivity contribution in [3.63, 3.8) is 0 Å². The molecule has 4 rings (SSSR count). The first kappa shape index (κ1) is 18.7. The van der Waals surface area contributed by atoms with Gasteiger partial charge in [0.25, 0.3) is 0 Å². The molecular formula is C22H17ClFN3S. The summed E-state index contributed by atoms with van der Waals surface area (Å²) in [6.45, 7) is 0.621. The zero-order valence-corrected chi connectivity index (χ0v) is 16.5. The maximum atomic E-state index is 13.9. The second kappa shape index (κ2) is 8.59. The molecule has 3 nitrogen and oxygen atoms in total. The second-order valence-electron chi connectivity index (χ2n) is 6.23. The lowest BCUT2D eigenvalue weighted by Crippen LogP contribution is -2.04. The molecular weight excluding hydrogens is 393 g/mol. The van der Waals surface area contributed by atoms with E-state index < -0.39 is 0 Å². The van der Waals surface area contributed by atoms with E-state index in [1.54, 1.807) is 12.1 Å². The van der Waals surface area contributed by atoms with Crippen molar-refractivity contribution in [1.29, 1.82) is 0 Å². The van der Waals surface area contributed by atoms with Crippen LogP contribution in [0.3, 0.4) is 0 Å². The fourth-order valence-electron chi connectivity index (χ4n) is 2.80. The summed E-state index contributed by atoms with van der Waals surface area (Å²) in [6.07, 6.45) is 0. The molecule has 1 heterocycles. The number of thioether (sulfide) groups is 1. The SMILES string of the molecule is Fc1ccccc1CSc1nc(NCc2ccc(Cl)cc2)c2ccccc2n1. The minimum Gasteiger partial charge on any atom is -0.365 e. The van der Waals surface area contributed by atoms with E-state index in [2.05, 4.69) is 15.3 Å². The first-order chi connectivity index (χ1) is 13.7. The van der Waals surface area contributed by atoms with Gasteiger partial charge in [-0.15, -0.1) is 0 Å². The minimum atomic E-state index is -0.211. The molecule has 0 fully saturated rings. The number of fused-ring (bicyclic) bond motifs is 1. The van der Waals surface area contributed by atoms with Crippen LogP contribution in [0.1, 0.15) is 11.1 Å². The Morgan fingerprint density at radius 2 is 1.64 bits per heavy atom. The average Bonchev–Trinajstić information content (AvgIpc) is 2.72. The van der Waals surface area contributed by atoms with Gasteiger partial charge in [-0.25, -0.2) is 14.4 Å². The average molecular weight is 410 g/mol. The molecule has 0 saturated heterocycles. The van der Waals surface area contributed by atoms with Crippen molar-refractivity contribution in [3.8, 4) is 0 Å². The van der Waals surface area contributed by atoms with Crippen LogP contribution in [0.2, 0.25) is 5.02 Å². The zero-order valence-electron chi connectivity index (χ0n) is 14.9. The van der Waals surface area contributed by atoms with Crippen LogP contribution < -0.4 is 5.32 Å². The van der Waals surface area contributed by atoms with Gasteiger partial charge in [-0.05, 0) is 41.5 Å². The third kappa shape index (κ3) is 4.43. The molecule has 0 spiro atoms. The minimum absolute atomic E-state index is 0.211. The van der Waals surface area contributed by atoms with Crippen molar-refractivity contribution in [1.82, 2.24) is 9.97 Å². The van der Waals surface area contributed by atoms with E-state index in [9.17, 15) is 4.39 Å². The Balaban J connectivity index is 1.58. The van der Waals surface area contributed by atoms with Crippen molar-refractivity contribution in [2.75, 3.05) is 5.32 Å². The van der Waals surface area contributed by atoms with E-state index in [4.69, 9.17) is 11.6 Å². The summed E-state index contributed by atoms with van der Waals surface area (Å²) in [5, 5.41) is 5.67. The molecule has 0 aliphatic carbocycles. The number of nitrogens with one attached hydrogen (secondary N) is 1. The van der Waals surface area contributed by atoms with Crippen LogP contribution in [-0.2, 0) is 12.3 Å². The standard InChI is InChI=1S/C22H17ClFN3S/c23-17-11-9-15(10-12-17)13-25-21-18-6-2-4-8-20(18)26-22(27-21)28-14-16-5-1-3-7-19(16)24/h1-12H,13-14H2,(H,25,26,27). The highest BCUT2D eigenvalue weighted by Gasteiger charge is 2.09. The third-order valence-corrected chi connectivity index (χ3v) is 5.42. The molecule has 4 aromatic rings. The number of halogens is 2. The van der Waals surface area contributed by atoms with Crippen LogP contribution in [0.5, 0.6) is 0 Å². The molecule has 1 aromatic heterocycles. The Kier molecular flexibility index (Phi) is 5.74. The Hall–Kier alpha value is -2.63. The molecule has 0 aliphatic heterocycles. The Morgan fingerprint density at radius 1 is 0.893 bits per heavy atom. The lowest BCUT2D eigenvalue weighted by atomic mass is 10.2. The first-order valence-corrected chi connectivity index (χ1v) is 10.2. The predicted molar refractivity (Wildman–Crippen MR) is 114 cm³/mol. The highest BCUT2D eigenvalue weighted by molar-refractivity contribution is 7.98. The number of aromatic nitrogens is 2. The summed E-state index contributed by atoms with van der Waals surface area (Å²) in [6, 6.07) is 22.3. The fourth-order valence-corrected chi connectivity index (χ4v) is 3.76. The molecule has 1 N–H and O–H groups in total. The molecule has 0 unspecified atom stereocenters. The third-order valence-electron chi connectivity index (χ3n) is 4.27. The molecule has 0 saturated carbocycles. The van der Waals surface area contributed by atoms with Crippen molar-refractivity contribution < 1.29 is 4.39 Å². The highest BCUT2D eigenvalue weighted by Crippen LogP contribution is 2.27. The van der Waals surface area contributed by atoms with E-state index in [0.29, 0.717) is 28.0 Å². The predicted octanol–water partition coefficient (Wildman–Crippen LogP) is 6.33. The zero-order chi connectivity index (χ0) is 19.3. The van der Waals surface area contributed by atoms with Crippen LogP contribution in [-0.4, -0.2) is 9.97 Å². The molecule has 0 radical (unpaired) electrons. The van der Waals surface area contributed by atoms with Crippen LogP contribution in [0.25, 0.3) is 10.9 Å².